The summed E-state index contributed by atoms with van der Waals surface area (Å²) >= 11 is 0. The maximum atomic E-state index is 12.1. The molecule has 0 aromatic rings. The van der Waals surface area contributed by atoms with Crippen LogP contribution in [0.3, 0.4) is 0 Å². The van der Waals surface area contributed by atoms with Crippen molar-refractivity contribution in [3.8, 4) is 0 Å². The molecule has 1 saturated heterocycles. The summed E-state index contributed by atoms with van der Waals surface area (Å²) in [7, 11) is -4.24. The summed E-state index contributed by atoms with van der Waals surface area (Å²) in [5.41, 5.74) is -0.704. The van der Waals surface area contributed by atoms with Gasteiger partial charge in [-0.05, 0) is 0 Å². The first kappa shape index (κ1) is 18.3. The van der Waals surface area contributed by atoms with Gasteiger partial charge in [0, 0.05) is 0 Å². The van der Waals surface area contributed by atoms with E-state index in [1.54, 1.807) is 27.7 Å². The molecule has 1 atom stereocenters. The molecule has 1 amide bonds. The van der Waals surface area contributed by atoms with Crippen molar-refractivity contribution in [3.63, 3.8) is 0 Å². The third-order valence-corrected chi connectivity index (χ3v) is 3.91. The first-order valence-electron chi connectivity index (χ1n) is 6.77. The maximum absolute atomic E-state index is 12.1. The second kappa shape index (κ2) is 6.98. The molecular formula is C12H24NO7P. The molecule has 1 aliphatic rings. The Kier molecular flexibility index (Phi) is 6.07. The predicted molar refractivity (Wildman–Crippen MR) is 76.2 cm³/mol. The summed E-state index contributed by atoms with van der Waals surface area (Å²) in [5.74, 6) is -0.925. The number of ether oxygens (including phenoxy) is 1. The Morgan fingerprint density at radius 2 is 2.05 bits per heavy atom. The van der Waals surface area contributed by atoms with Crippen molar-refractivity contribution < 1.29 is 33.2 Å². The van der Waals surface area contributed by atoms with Crippen LogP contribution in [0, 0.1) is 5.41 Å². The third-order valence-electron chi connectivity index (χ3n) is 2.85. The molecule has 1 rings (SSSR count). The number of hydrogen-bond acceptors (Lipinski definition) is 7. The first-order chi connectivity index (χ1) is 9.53. The summed E-state index contributed by atoms with van der Waals surface area (Å²) in [6.07, 6.45) is -1.22. The van der Waals surface area contributed by atoms with Crippen LogP contribution < -0.4 is 5.32 Å². The van der Waals surface area contributed by atoms with Gasteiger partial charge in [0.2, 0.25) is 0 Å². The van der Waals surface area contributed by atoms with E-state index in [2.05, 4.69) is 5.32 Å². The Morgan fingerprint density at radius 3 is 2.62 bits per heavy atom. The van der Waals surface area contributed by atoms with Gasteiger partial charge >= 0.3 is 123 Å². The van der Waals surface area contributed by atoms with E-state index in [0.29, 0.717) is 0 Å². The van der Waals surface area contributed by atoms with Crippen LogP contribution in [-0.2, 0) is 23.4 Å². The summed E-state index contributed by atoms with van der Waals surface area (Å²) in [5, 5.41) is 2.53. The van der Waals surface area contributed by atoms with Gasteiger partial charge in [0.05, 0.1) is 0 Å². The van der Waals surface area contributed by atoms with Crippen LogP contribution in [-0.4, -0.2) is 47.0 Å². The van der Waals surface area contributed by atoms with E-state index in [4.69, 9.17) is 13.8 Å². The molecule has 0 aliphatic carbocycles. The average molecular weight is 325 g/mol. The molecule has 0 aromatic carbocycles. The molecule has 3 N–H and O–H groups in total. The Labute approximate surface area is 124 Å². The Balaban J connectivity index is 2.48. The van der Waals surface area contributed by atoms with Gasteiger partial charge in [-0.15, -0.1) is 0 Å². The average Bonchev–Trinajstić information content (AvgIpc) is 2.31. The molecule has 0 bridgehead atoms. The van der Waals surface area contributed by atoms with E-state index in [1.165, 1.54) is 0 Å². The quantitative estimate of drug-likeness (QED) is 0.491. The molecule has 0 saturated carbocycles. The molecule has 0 aromatic heterocycles. The first-order valence-corrected chi connectivity index (χ1v) is 8.48. The number of nitrogens with one attached hydrogen (secondary N) is 1. The minimum atomic E-state index is -4.24. The van der Waals surface area contributed by atoms with Crippen LogP contribution in [0.4, 0.5) is 0 Å². The van der Waals surface area contributed by atoms with Gasteiger partial charge in [-0.3, -0.25) is 0 Å². The van der Waals surface area contributed by atoms with Gasteiger partial charge < -0.3 is 0 Å². The van der Waals surface area contributed by atoms with Crippen molar-refractivity contribution in [1.29, 1.82) is 0 Å². The number of rotatable bonds is 5. The third kappa shape index (κ3) is 5.84. The van der Waals surface area contributed by atoms with Crippen LogP contribution in [0.1, 0.15) is 34.1 Å². The van der Waals surface area contributed by atoms with Crippen molar-refractivity contribution in [2.24, 2.45) is 5.41 Å². The molecule has 124 valence electrons. The van der Waals surface area contributed by atoms with Gasteiger partial charge in [-0.25, -0.2) is 0 Å². The number of esters is 1. The normalized spacial score (nSPS) is 25.2. The molecule has 0 unspecified atom stereocenters. The van der Waals surface area contributed by atoms with Gasteiger partial charge in [-0.1, -0.05) is 0 Å². The zero-order valence-corrected chi connectivity index (χ0v) is 13.7. The number of carbonyl (C=O) groups is 2. The fourth-order valence-electron chi connectivity index (χ4n) is 1.81. The zero-order chi connectivity index (χ0) is 16.3. The Morgan fingerprint density at radius 1 is 1.43 bits per heavy atom. The Bertz CT molecular complexity index is 397. The molecule has 1 heterocycles. The molecular weight excluding hydrogens is 301 g/mol. The fraction of sp³-hybridized carbons (Fsp3) is 0.833. The summed E-state index contributed by atoms with van der Waals surface area (Å²) < 4.78 is 14.7. The van der Waals surface area contributed by atoms with E-state index in [-0.39, 0.29) is 25.7 Å². The molecule has 0 radical (unpaired) electrons. The fourth-order valence-corrected chi connectivity index (χ4v) is 3.17. The number of carbonyl (C=O) groups excluding carboxylic acids is 2. The van der Waals surface area contributed by atoms with Crippen LogP contribution in [0.25, 0.3) is 0 Å². The summed E-state index contributed by atoms with van der Waals surface area (Å²) in [6.45, 7) is 7.00. The van der Waals surface area contributed by atoms with E-state index < -0.39 is 31.6 Å². The number of hydrogen-bond donors (Lipinski definition) is 3. The standard InChI is InChI=1S/C12H24NO7P/c1-8(2)19-9(14)5-6-13-11(15)10-12(3,4)7-18-21(16,17)20-10/h8,10,16-17,21H,5-7H2,1-4H3,(H,13,15)/t10-/m0/s1. The van der Waals surface area contributed by atoms with E-state index in [9.17, 15) is 19.4 Å². The van der Waals surface area contributed by atoms with Crippen LogP contribution in [0.2, 0.25) is 0 Å². The van der Waals surface area contributed by atoms with E-state index in [1.807, 2.05) is 0 Å². The van der Waals surface area contributed by atoms with Gasteiger partial charge in [0.15, 0.2) is 0 Å². The van der Waals surface area contributed by atoms with E-state index in [0.717, 1.165) is 0 Å². The van der Waals surface area contributed by atoms with Gasteiger partial charge in [0.1, 0.15) is 0 Å². The zero-order valence-electron chi connectivity index (χ0n) is 12.7. The van der Waals surface area contributed by atoms with Gasteiger partial charge in [0.25, 0.3) is 0 Å². The number of amides is 1. The van der Waals surface area contributed by atoms with Crippen molar-refractivity contribution in [2.45, 2.75) is 46.3 Å². The van der Waals surface area contributed by atoms with Crippen LogP contribution in [0.15, 0.2) is 0 Å². The predicted octanol–water partition coefficient (Wildman–Crippen LogP) is 0.280. The monoisotopic (exact) mass is 325 g/mol. The van der Waals surface area contributed by atoms with Crippen molar-refractivity contribution in [2.75, 3.05) is 13.2 Å². The SMILES string of the molecule is CC(C)OC(=O)CCNC(=O)[C@@H]1O[PH](O)(O)OCC1(C)C. The summed E-state index contributed by atoms with van der Waals surface area (Å²) in [4.78, 5) is 42.3. The molecule has 0 spiro atoms. The Hall–Kier alpha value is -0.790. The molecule has 8 nitrogen and oxygen atoms in total. The van der Waals surface area contributed by atoms with Crippen molar-refractivity contribution in [1.82, 2.24) is 5.32 Å². The van der Waals surface area contributed by atoms with Crippen molar-refractivity contribution >= 4 is 20.0 Å². The van der Waals surface area contributed by atoms with Crippen LogP contribution >= 0.6 is 8.17 Å². The molecule has 1 fully saturated rings. The second-order valence-electron chi connectivity index (χ2n) is 5.90. The second-order valence-corrected chi connectivity index (χ2v) is 7.52. The van der Waals surface area contributed by atoms with Crippen LogP contribution in [0.5, 0.6) is 0 Å². The van der Waals surface area contributed by atoms with Gasteiger partial charge in [-0.2, -0.15) is 0 Å². The van der Waals surface area contributed by atoms with Crippen molar-refractivity contribution in [3.05, 3.63) is 0 Å². The molecule has 1 aliphatic heterocycles. The molecule has 9 heteroatoms. The molecule has 21 heavy (non-hydrogen) atoms. The topological polar surface area (TPSA) is 114 Å². The minimum absolute atomic E-state index is 0.000298. The van der Waals surface area contributed by atoms with E-state index >= 15 is 0 Å². The summed E-state index contributed by atoms with van der Waals surface area (Å²) in [6, 6.07) is 0.